The third-order valence-corrected chi connectivity index (χ3v) is 14.4. The Morgan fingerprint density at radius 1 is 0.692 bits per heavy atom. The van der Waals surface area contributed by atoms with Crippen LogP contribution in [0.1, 0.15) is 124 Å². The molecule has 2 saturated heterocycles. The van der Waals surface area contributed by atoms with Gasteiger partial charge in [0.2, 0.25) is 11.8 Å². The number of hydrogen-bond acceptors (Lipinski definition) is 9. The van der Waals surface area contributed by atoms with Crippen LogP contribution in [0.15, 0.2) is 65.8 Å². The maximum atomic E-state index is 14.0. The number of hydrogen-bond donors (Lipinski definition) is 3. The molecule has 4 amide bonds. The van der Waals surface area contributed by atoms with Crippen molar-refractivity contribution >= 4 is 41.2 Å². The summed E-state index contributed by atoms with van der Waals surface area (Å²) in [5.41, 5.74) is 11.2. The Bertz CT molecular complexity index is 2560. The van der Waals surface area contributed by atoms with Gasteiger partial charge >= 0.3 is 12.2 Å². The van der Waals surface area contributed by atoms with Gasteiger partial charge in [-0.2, -0.15) is 0 Å². The van der Waals surface area contributed by atoms with Crippen LogP contribution in [0.3, 0.4) is 0 Å². The van der Waals surface area contributed by atoms with E-state index in [2.05, 4.69) is 58.1 Å². The summed E-state index contributed by atoms with van der Waals surface area (Å²) < 4.78 is 9.58. The summed E-state index contributed by atoms with van der Waals surface area (Å²) in [5.74, 6) is 1.10. The van der Waals surface area contributed by atoms with Gasteiger partial charge in [-0.1, -0.05) is 70.2 Å². The molecule has 2 aliphatic carbocycles. The Morgan fingerprint density at radius 2 is 1.23 bits per heavy atom. The summed E-state index contributed by atoms with van der Waals surface area (Å²) in [5, 5.41) is 5.42. The lowest BCUT2D eigenvalue weighted by Gasteiger charge is -2.32. The molecule has 14 nitrogen and oxygen atoms in total. The van der Waals surface area contributed by atoms with Crippen LogP contribution >= 0.6 is 0 Å². The number of amides is 4. The number of aliphatic imine (C=N–C) groups is 1. The first kappa shape index (κ1) is 43.9. The van der Waals surface area contributed by atoms with Crippen LogP contribution in [0.5, 0.6) is 0 Å². The van der Waals surface area contributed by atoms with Crippen molar-refractivity contribution in [3.8, 4) is 33.5 Å². The topological polar surface area (TPSA) is 175 Å². The second kappa shape index (κ2) is 17.9. The molecule has 340 valence electrons. The van der Waals surface area contributed by atoms with Crippen molar-refractivity contribution in [1.82, 2.24) is 30.4 Å². The van der Waals surface area contributed by atoms with Gasteiger partial charge in [-0.25, -0.2) is 14.6 Å². The smallest absolute Gasteiger partial charge is 0.407 e. The number of likely N-dealkylation sites (tertiary alicyclic amines) is 2. The highest BCUT2D eigenvalue weighted by Crippen LogP contribution is 2.58. The standard InChI is InChI=1S/C51H59N7O7/c1-27(2)45(55-50(62)64-5)48(60)57-21-7-9-40(57)38-25-42(59)36-24-31(17-20-37(36)53-38)35-19-18-34(43-32-15-16-33(23-32)44(35)43)29-11-13-30(14-12-29)39-26-52-47(54-39)41-10-8-22-58(41)49(61)46(28(3)4)56-51(63)65-6/h11-14,17-20,24,26-28,32-33,40-41,45-46H,7-10,15-16,21-23,25H2,1-6H3,(H,52,54)(H,55,62)(H,56,63). The maximum absolute atomic E-state index is 14.0. The molecular formula is C51H59N7O7. The van der Waals surface area contributed by atoms with Gasteiger partial charge < -0.3 is 34.9 Å². The van der Waals surface area contributed by atoms with Gasteiger partial charge in [-0.3, -0.25) is 19.4 Å². The molecule has 4 aromatic rings. The molecule has 0 radical (unpaired) electrons. The molecule has 1 aromatic heterocycles. The highest BCUT2D eigenvalue weighted by molar-refractivity contribution is 6.18. The molecule has 65 heavy (non-hydrogen) atoms. The van der Waals surface area contributed by atoms with Crippen molar-refractivity contribution in [2.75, 3.05) is 27.3 Å². The van der Waals surface area contributed by atoms with Gasteiger partial charge in [-0.15, -0.1) is 0 Å². The number of nitrogens with one attached hydrogen (secondary N) is 3. The number of ketones is 1. The molecule has 9 rings (SSSR count). The Kier molecular flexibility index (Phi) is 12.1. The van der Waals surface area contributed by atoms with E-state index in [-0.39, 0.29) is 47.9 Å². The zero-order valence-electron chi connectivity index (χ0n) is 38.1. The molecule has 6 unspecified atom stereocenters. The van der Waals surface area contributed by atoms with Crippen LogP contribution in [-0.2, 0) is 19.1 Å². The molecular weight excluding hydrogens is 823 g/mol. The lowest BCUT2D eigenvalue weighted by molar-refractivity contribution is -0.135. The molecule has 5 aliphatic rings. The fourth-order valence-electron chi connectivity index (χ4n) is 11.1. The van der Waals surface area contributed by atoms with E-state index in [9.17, 15) is 24.0 Å². The Balaban J connectivity index is 0.945. The van der Waals surface area contributed by atoms with Crippen molar-refractivity contribution in [3.63, 3.8) is 0 Å². The monoisotopic (exact) mass is 881 g/mol. The minimum absolute atomic E-state index is 0.000249. The molecule has 3 aromatic carbocycles. The number of nitrogens with zero attached hydrogens (tertiary/aromatic N) is 4. The molecule has 4 heterocycles. The number of carbonyl (C=O) groups is 5. The van der Waals surface area contributed by atoms with E-state index >= 15 is 0 Å². The predicted molar refractivity (Wildman–Crippen MR) is 247 cm³/mol. The molecule has 6 atom stereocenters. The summed E-state index contributed by atoms with van der Waals surface area (Å²) in [6.07, 6.45) is 7.28. The quantitative estimate of drug-likeness (QED) is 0.134. The summed E-state index contributed by atoms with van der Waals surface area (Å²) in [6.45, 7) is 8.72. The van der Waals surface area contributed by atoms with Gasteiger partial charge in [-0.05, 0) is 120 Å². The number of Topliss-reactive ketones (excluding diaryl/α,β-unsaturated/α-hetero) is 1. The molecule has 3 N–H and O–H groups in total. The van der Waals surface area contributed by atoms with Crippen LogP contribution in [0.4, 0.5) is 15.3 Å². The number of fused-ring (bicyclic) bond motifs is 6. The van der Waals surface area contributed by atoms with E-state index < -0.39 is 24.3 Å². The molecule has 14 heteroatoms. The van der Waals surface area contributed by atoms with E-state index in [1.807, 2.05) is 50.9 Å². The van der Waals surface area contributed by atoms with Gasteiger partial charge in [0.25, 0.3) is 0 Å². The number of methoxy groups -OCH3 is 2. The minimum Gasteiger partial charge on any atom is -0.453 e. The number of aromatic nitrogens is 2. The number of rotatable bonds is 11. The third kappa shape index (κ3) is 8.20. The van der Waals surface area contributed by atoms with Crippen LogP contribution in [0.25, 0.3) is 33.5 Å². The number of imidazole rings is 1. The normalized spacial score (nSPS) is 21.8. The van der Waals surface area contributed by atoms with Crippen LogP contribution in [-0.4, -0.2) is 101 Å². The summed E-state index contributed by atoms with van der Waals surface area (Å²) >= 11 is 0. The number of alkyl carbamates (subject to hydrolysis) is 2. The number of aromatic amines is 1. The maximum Gasteiger partial charge on any atom is 0.407 e. The van der Waals surface area contributed by atoms with Crippen molar-refractivity contribution in [3.05, 3.63) is 83.3 Å². The molecule has 0 spiro atoms. The fourth-order valence-corrected chi connectivity index (χ4v) is 11.1. The number of benzene rings is 3. The average Bonchev–Trinajstić information content (AvgIpc) is 4.18. The minimum atomic E-state index is -0.741. The highest BCUT2D eigenvalue weighted by atomic mass is 16.5. The first-order chi connectivity index (χ1) is 31.3. The van der Waals surface area contributed by atoms with Gasteiger partial charge in [0.1, 0.15) is 17.9 Å². The summed E-state index contributed by atoms with van der Waals surface area (Å²) in [4.78, 5) is 82.4. The summed E-state index contributed by atoms with van der Waals surface area (Å²) in [6, 6.07) is 17.2. The van der Waals surface area contributed by atoms with Gasteiger partial charge in [0, 0.05) is 24.4 Å². The zero-order valence-corrected chi connectivity index (χ0v) is 38.1. The van der Waals surface area contributed by atoms with Crippen molar-refractivity contribution in [2.45, 2.75) is 115 Å². The Morgan fingerprint density at radius 3 is 1.82 bits per heavy atom. The molecule has 3 fully saturated rings. The number of carbonyl (C=O) groups excluding carboxylic acids is 5. The average molecular weight is 882 g/mol. The molecule has 2 bridgehead atoms. The third-order valence-electron chi connectivity index (χ3n) is 14.4. The predicted octanol–water partition coefficient (Wildman–Crippen LogP) is 8.85. The van der Waals surface area contributed by atoms with Crippen LogP contribution in [0, 0.1) is 11.8 Å². The number of ether oxygens (including phenoxy) is 2. The largest absolute Gasteiger partial charge is 0.453 e. The lowest BCUT2D eigenvalue weighted by atomic mass is 9.81. The second-order valence-corrected chi connectivity index (χ2v) is 19.0. The zero-order chi connectivity index (χ0) is 45.7. The van der Waals surface area contributed by atoms with Crippen molar-refractivity contribution < 1.29 is 33.4 Å². The van der Waals surface area contributed by atoms with E-state index in [4.69, 9.17) is 19.5 Å². The van der Waals surface area contributed by atoms with E-state index in [1.54, 1.807) is 4.90 Å². The SMILES string of the molecule is COC(=O)NC(C(=O)N1CCCC1C1=Nc2ccc(-c3ccc(-c4ccc(-c5cnc(C6CCCN6C(=O)C(NC(=O)OC)C(C)C)[nH]5)cc4)c4c3C3CCC4C3)cc2C(=O)C1)C(C)C. The van der Waals surface area contributed by atoms with Gasteiger partial charge in [0.05, 0.1) is 50.3 Å². The number of H-pyrrole nitrogens is 1. The highest BCUT2D eigenvalue weighted by Gasteiger charge is 2.42. The van der Waals surface area contributed by atoms with E-state index in [0.29, 0.717) is 48.3 Å². The van der Waals surface area contributed by atoms with E-state index in [1.165, 1.54) is 36.5 Å². The first-order valence-electron chi connectivity index (χ1n) is 23.2. The lowest BCUT2D eigenvalue weighted by Crippen LogP contribution is -2.54. The first-order valence-corrected chi connectivity index (χ1v) is 23.2. The van der Waals surface area contributed by atoms with Crippen LogP contribution < -0.4 is 10.6 Å². The molecule has 1 saturated carbocycles. The van der Waals surface area contributed by atoms with E-state index in [0.717, 1.165) is 66.7 Å². The Hall–Kier alpha value is -6.31. The van der Waals surface area contributed by atoms with Crippen LogP contribution in [0.2, 0.25) is 0 Å². The summed E-state index contributed by atoms with van der Waals surface area (Å²) in [7, 11) is 2.58. The van der Waals surface area contributed by atoms with Crippen molar-refractivity contribution in [1.29, 1.82) is 0 Å². The second-order valence-electron chi connectivity index (χ2n) is 19.0. The fraction of sp³-hybridized carbons (Fsp3) is 0.471. The van der Waals surface area contributed by atoms with Crippen molar-refractivity contribution in [2.24, 2.45) is 16.8 Å². The molecule has 3 aliphatic heterocycles. The van der Waals surface area contributed by atoms with Gasteiger partial charge in [0.15, 0.2) is 5.78 Å². The Labute approximate surface area is 380 Å².